The van der Waals surface area contributed by atoms with Gasteiger partial charge in [0.25, 0.3) is 0 Å². The van der Waals surface area contributed by atoms with Crippen LogP contribution in [0.15, 0.2) is 114 Å². The number of phenolic OH excluding ortho intramolecular Hbond substituents is 3. The highest BCUT2D eigenvalue weighted by Crippen LogP contribution is 2.44. The lowest BCUT2D eigenvalue weighted by molar-refractivity contribution is -0.0500. The van der Waals surface area contributed by atoms with Gasteiger partial charge in [0.05, 0.1) is 54.8 Å². The van der Waals surface area contributed by atoms with Crippen LogP contribution in [0.4, 0.5) is 35.1 Å². The van der Waals surface area contributed by atoms with Crippen LogP contribution in [0.25, 0.3) is 5.57 Å². The Hall–Kier alpha value is -5.35. The maximum absolute atomic E-state index is 14.0. The number of aromatic hydroxyl groups is 3. The molecule has 3 N–H and O–H groups in total. The van der Waals surface area contributed by atoms with Gasteiger partial charge in [0, 0.05) is 11.1 Å². The van der Waals surface area contributed by atoms with E-state index in [9.17, 15) is 48.6 Å². The Morgan fingerprint density at radius 2 is 0.778 bits per heavy atom. The zero-order valence-corrected chi connectivity index (χ0v) is 63.2. The Kier molecular flexibility index (Phi) is 31.1. The lowest BCUT2D eigenvalue weighted by Crippen LogP contribution is -2.41. The number of benzene rings is 5. The Morgan fingerprint density at radius 1 is 0.465 bits per heavy atom. The summed E-state index contributed by atoms with van der Waals surface area (Å²) in [5.74, 6) is -3.37. The van der Waals surface area contributed by atoms with Crippen LogP contribution >= 0.6 is 15.9 Å². The molecule has 29 heteroatoms. The van der Waals surface area contributed by atoms with Crippen molar-refractivity contribution in [2.45, 2.75) is 234 Å². The van der Waals surface area contributed by atoms with Crippen molar-refractivity contribution in [1.29, 1.82) is 0 Å². The van der Waals surface area contributed by atoms with Crippen molar-refractivity contribution in [3.05, 3.63) is 165 Å². The third-order valence-electron chi connectivity index (χ3n) is 17.6. The first-order valence-corrected chi connectivity index (χ1v) is 33.9. The molecule has 0 aromatic heterocycles. The van der Waals surface area contributed by atoms with Crippen molar-refractivity contribution in [3.8, 4) is 23.0 Å². The molecule has 4 aliphatic rings. The van der Waals surface area contributed by atoms with Crippen molar-refractivity contribution in [2.24, 2.45) is 0 Å². The van der Waals surface area contributed by atoms with Crippen molar-refractivity contribution < 1.29 is 100 Å². The Labute approximate surface area is 593 Å². The van der Waals surface area contributed by atoms with E-state index >= 15 is 0 Å². The smallest absolute Gasteiger partial charge is 0.508 e. The van der Waals surface area contributed by atoms with Crippen molar-refractivity contribution >= 4 is 73.8 Å². The minimum absolute atomic E-state index is 0. The van der Waals surface area contributed by atoms with E-state index in [0.717, 1.165) is 29.1 Å². The highest BCUT2D eigenvalue weighted by Gasteiger charge is 2.64. The maximum Gasteiger partial charge on any atom is 0.534 e. The molecule has 14 nitrogen and oxygen atoms in total. The zero-order valence-electron chi connectivity index (χ0n) is 60.8. The first-order chi connectivity index (χ1) is 44.3. The van der Waals surface area contributed by atoms with Crippen LogP contribution in [0.3, 0.4) is 0 Å². The second-order valence-electron chi connectivity index (χ2n) is 28.8. The van der Waals surface area contributed by atoms with Crippen LogP contribution in [-0.4, -0.2) is 111 Å². The summed E-state index contributed by atoms with van der Waals surface area (Å²) in [5.41, 5.74) is -4.96. The van der Waals surface area contributed by atoms with Crippen molar-refractivity contribution in [2.75, 3.05) is 0 Å². The van der Waals surface area contributed by atoms with Gasteiger partial charge in [0.2, 0.25) is 0 Å². The van der Waals surface area contributed by atoms with Crippen LogP contribution in [0.2, 0.25) is 0 Å². The van der Waals surface area contributed by atoms with Gasteiger partial charge < -0.3 is 56.7 Å². The van der Waals surface area contributed by atoms with Gasteiger partial charge in [0.1, 0.15) is 52.1 Å². The number of allylic oxidation sites excluding steroid dienone is 2. The summed E-state index contributed by atoms with van der Waals surface area (Å²) in [5, 5.41) is 27.2. The molecule has 0 bridgehead atoms. The molecule has 99 heavy (non-hydrogen) atoms. The van der Waals surface area contributed by atoms with Crippen LogP contribution in [0, 0.1) is 29.1 Å². The predicted octanol–water partition coefficient (Wildman–Crippen LogP) is 16.9. The first kappa shape index (κ1) is 89.7. The summed E-state index contributed by atoms with van der Waals surface area (Å²) in [4.78, 5) is 0. The number of phenols is 3. The van der Waals surface area contributed by atoms with Crippen molar-refractivity contribution in [3.63, 3.8) is 0 Å². The normalized spacial score (nSPS) is 18.5. The molecule has 4 aliphatic heterocycles. The number of alkyl halides is 3. The molecule has 5 aromatic carbocycles. The molecule has 0 aliphatic carbocycles. The van der Waals surface area contributed by atoms with E-state index in [2.05, 4.69) is 33.3 Å². The second-order valence-corrected chi connectivity index (χ2v) is 31.1. The van der Waals surface area contributed by atoms with E-state index in [4.69, 9.17) is 47.4 Å². The predicted molar refractivity (Wildman–Crippen MR) is 387 cm³/mol. The highest BCUT2D eigenvalue weighted by atomic mass is 79.9. The summed E-state index contributed by atoms with van der Waals surface area (Å²) in [6.45, 7) is 54.0. The van der Waals surface area contributed by atoms with E-state index in [1.807, 2.05) is 151 Å². The Morgan fingerprint density at radius 3 is 1.08 bits per heavy atom. The molecule has 0 spiro atoms. The second kappa shape index (κ2) is 34.3. The fraction of sp³-hybridized carbons (Fsp3) is 0.514. The average molecular weight is 1480 g/mol. The molecule has 0 amide bonds. The molecule has 4 fully saturated rings. The molecule has 550 valence electrons. The van der Waals surface area contributed by atoms with Gasteiger partial charge in [0.15, 0.2) is 0 Å². The van der Waals surface area contributed by atoms with E-state index in [-0.39, 0.29) is 105 Å². The standard InChI is InChI=1S/C15H22BFO2.C12H24B2O4.C10H10F4O3S.C9H17BO2.C9H11FO.C9H9FO.C6H4BrFO.BH4/c1-10(2)13-11(8-7-9-12(13)17)16-18-14(3,4)15(5,6)19-16;1-9(2)10(3,4)16-13(15-9)14-17-11(5,6)12(7,8)18-14;1-6(2)9-7(11)4-3-5-8(9)17-18(15,16)10(12,13)14;1-7(2)10-11-8(3,4)9(5,6)12-10;2*1-6(2)9-7(10)4-3-5-8(9)11;7-6-4(8)2-1-3-5(6)9;/h7-10H,1-6H3;1-8H3;3-6H,1-2H3;1H2,2-6H3;3-6,11H,1-2H3;3-5,11H,1H2,2H3;1-3,9H;1H4/q;;;;;;;-1. The van der Waals surface area contributed by atoms with E-state index in [1.165, 1.54) is 74.5 Å². The van der Waals surface area contributed by atoms with Gasteiger partial charge in [-0.25, -0.2) is 22.0 Å². The molecule has 5 aromatic rings. The first-order valence-electron chi connectivity index (χ1n) is 31.7. The Bertz CT molecular complexity index is 3510. The molecular weight excluding hydrogens is 1380 g/mol. The summed E-state index contributed by atoms with van der Waals surface area (Å²) in [6.07, 6.45) is 0. The van der Waals surface area contributed by atoms with Crippen LogP contribution in [-0.2, 0) is 47.4 Å². The van der Waals surface area contributed by atoms with Gasteiger partial charge in [-0.1, -0.05) is 98.4 Å². The van der Waals surface area contributed by atoms with E-state index in [0.29, 0.717) is 16.7 Å². The summed E-state index contributed by atoms with van der Waals surface area (Å²) < 4.78 is 175. The average Bonchev–Trinajstić information content (AvgIpc) is 1.62. The van der Waals surface area contributed by atoms with Crippen molar-refractivity contribution in [1.82, 2.24) is 0 Å². The SMILES string of the molecule is C=C(C)B1OC(C)(C)C(C)(C)O1.C=C(C)c1c(O)cccc1F.CC(C)c1c(F)cccc1B1OC(C)(C)C(C)(C)O1.CC(C)c1c(F)cccc1OS(=O)(=O)C(F)(F)F.CC(C)c1c(O)cccc1F.CC1(C)OB(B2OC(C)(C)C(C)(C)O2)OC1(C)C.Oc1cccc(F)c1Br.[BH4-]. The molecular formula is C70H101B5BrF8O14S-. The van der Waals surface area contributed by atoms with E-state index in [1.54, 1.807) is 13.0 Å². The van der Waals surface area contributed by atoms with Crippen LogP contribution in [0.5, 0.6) is 23.0 Å². The fourth-order valence-electron chi connectivity index (χ4n) is 9.22. The van der Waals surface area contributed by atoms with Crippen LogP contribution < -0.4 is 9.65 Å². The zero-order chi connectivity index (χ0) is 75.8. The third kappa shape index (κ3) is 22.8. The number of hydrogen-bond acceptors (Lipinski definition) is 14. The minimum Gasteiger partial charge on any atom is -0.508 e. The van der Waals surface area contributed by atoms with Gasteiger partial charge in [-0.05, 0) is 230 Å². The topological polar surface area (TPSA) is 178 Å². The monoisotopic (exact) mass is 1480 g/mol. The molecule has 0 atom stereocenters. The molecule has 4 saturated heterocycles. The molecule has 0 radical (unpaired) electrons. The quantitative estimate of drug-likeness (QED) is 0.0549. The fourth-order valence-corrected chi connectivity index (χ4v) is 9.96. The summed E-state index contributed by atoms with van der Waals surface area (Å²) in [7, 11) is -7.48. The largest absolute Gasteiger partial charge is 0.534 e. The van der Waals surface area contributed by atoms with Gasteiger partial charge in [-0.3, -0.25) is 0 Å². The summed E-state index contributed by atoms with van der Waals surface area (Å²) in [6, 6.07) is 20.8. The lowest BCUT2D eigenvalue weighted by Gasteiger charge is -2.32. The van der Waals surface area contributed by atoms with Gasteiger partial charge in [-0.15, -0.1) is 6.58 Å². The number of hydrogen-bond donors (Lipinski definition) is 3. The summed E-state index contributed by atoms with van der Waals surface area (Å²) >= 11 is 2.85. The van der Waals surface area contributed by atoms with Gasteiger partial charge in [-0.2, -0.15) is 21.6 Å². The minimum atomic E-state index is -5.79. The molecule has 9 rings (SSSR count). The van der Waals surface area contributed by atoms with Crippen LogP contribution in [0.1, 0.15) is 206 Å². The molecule has 0 saturated carbocycles. The number of rotatable bonds is 9. The number of halogens is 9. The lowest BCUT2D eigenvalue weighted by atomic mass is 9.49. The maximum atomic E-state index is 14.0. The Balaban J connectivity index is 0.000000398. The highest BCUT2D eigenvalue weighted by molar-refractivity contribution is 9.10. The van der Waals surface area contributed by atoms with Gasteiger partial charge >= 0.3 is 43.9 Å². The molecule has 0 unspecified atom stereocenters. The third-order valence-corrected chi connectivity index (χ3v) is 19.4. The molecule has 4 heterocycles. The van der Waals surface area contributed by atoms with E-state index < -0.39 is 77.1 Å².